The third kappa shape index (κ3) is 4.66. The molecular weight excluding hydrogens is 274 g/mol. The summed E-state index contributed by atoms with van der Waals surface area (Å²) in [5.74, 6) is -0.740. The SMILES string of the molecule is COC(=O)c1ccc(O)c(N[C@@H](CC(C)C)C(=O)OC)c1. The fourth-order valence-corrected chi connectivity index (χ4v) is 1.91. The van der Waals surface area contributed by atoms with Crippen molar-refractivity contribution in [2.75, 3.05) is 19.5 Å². The maximum atomic E-state index is 11.8. The van der Waals surface area contributed by atoms with E-state index in [2.05, 4.69) is 10.1 Å². The molecule has 1 rings (SSSR count). The number of methoxy groups -OCH3 is 2. The Kier molecular flexibility index (Phi) is 6.02. The van der Waals surface area contributed by atoms with Gasteiger partial charge in [0.15, 0.2) is 0 Å². The van der Waals surface area contributed by atoms with Crippen molar-refractivity contribution in [2.24, 2.45) is 5.92 Å². The first-order chi connectivity index (χ1) is 9.88. The van der Waals surface area contributed by atoms with Crippen LogP contribution in [0, 0.1) is 5.92 Å². The monoisotopic (exact) mass is 295 g/mol. The standard InChI is InChI=1S/C15H21NO5/c1-9(2)7-12(15(19)21-4)16-11-8-10(14(18)20-3)5-6-13(11)17/h5-6,8-9,12,16-17H,7H2,1-4H3/t12-/m0/s1. The zero-order chi connectivity index (χ0) is 16.0. The van der Waals surface area contributed by atoms with Crippen molar-refractivity contribution < 1.29 is 24.2 Å². The van der Waals surface area contributed by atoms with Gasteiger partial charge in [-0.15, -0.1) is 0 Å². The van der Waals surface area contributed by atoms with Crippen LogP contribution < -0.4 is 5.32 Å². The van der Waals surface area contributed by atoms with Gasteiger partial charge < -0.3 is 19.9 Å². The molecule has 0 saturated heterocycles. The number of ether oxygens (including phenoxy) is 2. The molecule has 1 aromatic carbocycles. The van der Waals surface area contributed by atoms with E-state index >= 15 is 0 Å². The summed E-state index contributed by atoms with van der Waals surface area (Å²) in [6.45, 7) is 3.95. The smallest absolute Gasteiger partial charge is 0.337 e. The highest BCUT2D eigenvalue weighted by Gasteiger charge is 2.22. The number of anilines is 1. The number of esters is 2. The van der Waals surface area contributed by atoms with Crippen molar-refractivity contribution in [2.45, 2.75) is 26.3 Å². The molecule has 6 heteroatoms. The minimum absolute atomic E-state index is 0.0553. The van der Waals surface area contributed by atoms with Crippen LogP contribution in [0.3, 0.4) is 0 Å². The van der Waals surface area contributed by atoms with Crippen molar-refractivity contribution in [3.8, 4) is 5.75 Å². The molecular formula is C15H21NO5. The Labute approximate surface area is 124 Å². The number of aromatic hydroxyl groups is 1. The summed E-state index contributed by atoms with van der Waals surface area (Å²) >= 11 is 0. The number of carbonyl (C=O) groups is 2. The number of carbonyl (C=O) groups excluding carboxylic acids is 2. The molecule has 0 unspecified atom stereocenters. The molecule has 0 fully saturated rings. The van der Waals surface area contributed by atoms with Crippen molar-refractivity contribution in [3.05, 3.63) is 23.8 Å². The molecule has 0 saturated carbocycles. The average Bonchev–Trinajstić information content (AvgIpc) is 2.46. The van der Waals surface area contributed by atoms with Gasteiger partial charge in [-0.1, -0.05) is 13.8 Å². The van der Waals surface area contributed by atoms with E-state index in [-0.39, 0.29) is 22.9 Å². The maximum Gasteiger partial charge on any atom is 0.337 e. The van der Waals surface area contributed by atoms with E-state index in [9.17, 15) is 14.7 Å². The van der Waals surface area contributed by atoms with Gasteiger partial charge in [-0.25, -0.2) is 9.59 Å². The van der Waals surface area contributed by atoms with E-state index in [4.69, 9.17) is 4.74 Å². The lowest BCUT2D eigenvalue weighted by molar-refractivity contribution is -0.141. The summed E-state index contributed by atoms with van der Waals surface area (Å²) in [7, 11) is 2.58. The highest BCUT2D eigenvalue weighted by Crippen LogP contribution is 2.26. The van der Waals surface area contributed by atoms with E-state index in [0.717, 1.165) is 0 Å². The summed E-state index contributed by atoms with van der Waals surface area (Å²) in [6, 6.07) is 3.66. The number of benzene rings is 1. The normalized spacial score (nSPS) is 11.9. The number of rotatable bonds is 6. The third-order valence-corrected chi connectivity index (χ3v) is 2.94. The van der Waals surface area contributed by atoms with E-state index in [1.807, 2.05) is 13.8 Å². The highest BCUT2D eigenvalue weighted by atomic mass is 16.5. The largest absolute Gasteiger partial charge is 0.506 e. The molecule has 21 heavy (non-hydrogen) atoms. The number of hydrogen-bond donors (Lipinski definition) is 2. The quantitative estimate of drug-likeness (QED) is 0.618. The lowest BCUT2D eigenvalue weighted by Crippen LogP contribution is -2.32. The minimum atomic E-state index is -0.603. The molecule has 116 valence electrons. The van der Waals surface area contributed by atoms with Crippen LogP contribution in [0.25, 0.3) is 0 Å². The predicted molar refractivity (Wildman–Crippen MR) is 78.3 cm³/mol. The van der Waals surface area contributed by atoms with E-state index in [1.165, 1.54) is 32.4 Å². The van der Waals surface area contributed by atoms with Crippen molar-refractivity contribution in [1.82, 2.24) is 0 Å². The second-order valence-corrected chi connectivity index (χ2v) is 5.07. The van der Waals surface area contributed by atoms with Gasteiger partial charge in [-0.3, -0.25) is 0 Å². The van der Waals surface area contributed by atoms with E-state index < -0.39 is 18.0 Å². The van der Waals surface area contributed by atoms with Crippen molar-refractivity contribution in [1.29, 1.82) is 0 Å². The minimum Gasteiger partial charge on any atom is -0.506 e. The molecule has 0 radical (unpaired) electrons. The lowest BCUT2D eigenvalue weighted by Gasteiger charge is -2.20. The molecule has 1 aromatic rings. The Morgan fingerprint density at radius 2 is 1.90 bits per heavy atom. The van der Waals surface area contributed by atoms with Crippen LogP contribution >= 0.6 is 0 Å². The van der Waals surface area contributed by atoms with E-state index in [0.29, 0.717) is 6.42 Å². The fraction of sp³-hybridized carbons (Fsp3) is 0.467. The van der Waals surface area contributed by atoms with Gasteiger partial charge in [0.25, 0.3) is 0 Å². The molecule has 1 atom stereocenters. The Balaban J connectivity index is 3.01. The molecule has 6 nitrogen and oxygen atoms in total. The Hall–Kier alpha value is -2.24. The molecule has 0 aliphatic rings. The topological polar surface area (TPSA) is 84.9 Å². The highest BCUT2D eigenvalue weighted by molar-refractivity contribution is 5.91. The number of hydrogen-bond acceptors (Lipinski definition) is 6. The first kappa shape index (κ1) is 16.8. The zero-order valence-corrected chi connectivity index (χ0v) is 12.7. The van der Waals surface area contributed by atoms with Gasteiger partial charge in [0.05, 0.1) is 25.5 Å². The molecule has 0 bridgehead atoms. The Morgan fingerprint density at radius 3 is 2.43 bits per heavy atom. The van der Waals surface area contributed by atoms with Gasteiger partial charge in [-0.2, -0.15) is 0 Å². The van der Waals surface area contributed by atoms with Crippen LogP contribution in [0.2, 0.25) is 0 Å². The predicted octanol–water partition coefficient (Wildman–Crippen LogP) is 2.18. The summed E-state index contributed by atoms with van der Waals surface area (Å²) in [5, 5.41) is 12.8. The van der Waals surface area contributed by atoms with Gasteiger partial charge in [0.2, 0.25) is 0 Å². The molecule has 0 heterocycles. The lowest BCUT2D eigenvalue weighted by atomic mass is 10.0. The van der Waals surface area contributed by atoms with Crippen LogP contribution in [0.4, 0.5) is 5.69 Å². The number of phenols is 1. The van der Waals surface area contributed by atoms with E-state index in [1.54, 1.807) is 0 Å². The summed E-state index contributed by atoms with van der Waals surface area (Å²) in [5.41, 5.74) is 0.569. The summed E-state index contributed by atoms with van der Waals surface area (Å²) in [4.78, 5) is 23.3. The molecule has 0 aromatic heterocycles. The molecule has 0 aliphatic heterocycles. The van der Waals surface area contributed by atoms with Gasteiger partial charge >= 0.3 is 11.9 Å². The molecule has 0 amide bonds. The van der Waals surface area contributed by atoms with Gasteiger partial charge in [0, 0.05) is 0 Å². The second kappa shape index (κ2) is 7.52. The fourth-order valence-electron chi connectivity index (χ4n) is 1.91. The van der Waals surface area contributed by atoms with Crippen molar-refractivity contribution in [3.63, 3.8) is 0 Å². The number of nitrogens with one attached hydrogen (secondary N) is 1. The van der Waals surface area contributed by atoms with Crippen LogP contribution in [-0.4, -0.2) is 37.3 Å². The summed E-state index contributed by atoms with van der Waals surface area (Å²) < 4.78 is 9.38. The second-order valence-electron chi connectivity index (χ2n) is 5.07. The van der Waals surface area contributed by atoms with Crippen LogP contribution in [0.5, 0.6) is 5.75 Å². The number of phenolic OH excluding ortho intramolecular Hbond substituents is 1. The molecule has 2 N–H and O–H groups in total. The van der Waals surface area contributed by atoms with Crippen LogP contribution in [0.15, 0.2) is 18.2 Å². The van der Waals surface area contributed by atoms with Crippen LogP contribution in [-0.2, 0) is 14.3 Å². The van der Waals surface area contributed by atoms with Crippen molar-refractivity contribution >= 4 is 17.6 Å². The Bertz CT molecular complexity index is 513. The Morgan fingerprint density at radius 1 is 1.24 bits per heavy atom. The molecule has 0 spiro atoms. The zero-order valence-electron chi connectivity index (χ0n) is 12.7. The maximum absolute atomic E-state index is 11.8. The average molecular weight is 295 g/mol. The first-order valence-electron chi connectivity index (χ1n) is 6.64. The molecule has 0 aliphatic carbocycles. The van der Waals surface area contributed by atoms with Gasteiger partial charge in [0.1, 0.15) is 11.8 Å². The van der Waals surface area contributed by atoms with Gasteiger partial charge in [-0.05, 0) is 30.5 Å². The first-order valence-corrected chi connectivity index (χ1v) is 6.64. The summed E-state index contributed by atoms with van der Waals surface area (Å²) in [6.07, 6.45) is 0.536. The third-order valence-electron chi connectivity index (χ3n) is 2.94. The van der Waals surface area contributed by atoms with Crippen LogP contribution in [0.1, 0.15) is 30.6 Å².